The summed E-state index contributed by atoms with van der Waals surface area (Å²) in [6.07, 6.45) is 2.44. The minimum absolute atomic E-state index is 0.149. The quantitative estimate of drug-likeness (QED) is 0.277. The number of anilines is 3. The van der Waals surface area contributed by atoms with Crippen LogP contribution < -0.4 is 20.1 Å². The van der Waals surface area contributed by atoms with Gasteiger partial charge < -0.3 is 24.8 Å². The van der Waals surface area contributed by atoms with Crippen LogP contribution in [0.15, 0.2) is 67.0 Å². The lowest BCUT2D eigenvalue weighted by molar-refractivity contribution is 0.0357. The molecule has 2 N–H and O–H groups in total. The zero-order valence-corrected chi connectivity index (χ0v) is 22.3. The van der Waals surface area contributed by atoms with Gasteiger partial charge in [-0.25, -0.2) is 9.97 Å². The summed E-state index contributed by atoms with van der Waals surface area (Å²) in [5.74, 6) is 1.78. The van der Waals surface area contributed by atoms with E-state index in [9.17, 15) is 4.79 Å². The van der Waals surface area contributed by atoms with E-state index in [1.54, 1.807) is 7.11 Å². The maximum atomic E-state index is 12.5. The second kappa shape index (κ2) is 12.6. The van der Waals surface area contributed by atoms with Crippen molar-refractivity contribution in [3.05, 3.63) is 78.1 Å². The molecule has 1 aliphatic rings. The number of carbonyl (C=O) groups is 1. The van der Waals surface area contributed by atoms with Gasteiger partial charge in [0.2, 0.25) is 0 Å². The number of methoxy groups -OCH3 is 1. The van der Waals surface area contributed by atoms with Crippen molar-refractivity contribution in [2.45, 2.75) is 13.3 Å². The molecule has 1 aliphatic heterocycles. The molecule has 9 nitrogen and oxygen atoms in total. The lowest BCUT2D eigenvalue weighted by Crippen LogP contribution is -2.37. The predicted octanol–water partition coefficient (Wildman–Crippen LogP) is 5.04. The third-order valence-corrected chi connectivity index (χ3v) is 6.62. The molecule has 1 aromatic heterocycles. The van der Waals surface area contributed by atoms with E-state index in [1.165, 1.54) is 6.33 Å². The maximum Gasteiger partial charge on any atom is 0.255 e. The zero-order chi connectivity index (χ0) is 27.0. The predicted molar refractivity (Wildman–Crippen MR) is 152 cm³/mol. The number of carbonyl (C=O) groups excluding carboxylic acids is 1. The average molecular weight is 528 g/mol. The Labute approximate surface area is 228 Å². The summed E-state index contributed by atoms with van der Waals surface area (Å²) in [5.41, 5.74) is 4.00. The zero-order valence-electron chi connectivity index (χ0n) is 22.3. The normalized spacial score (nSPS) is 13.7. The van der Waals surface area contributed by atoms with Gasteiger partial charge >= 0.3 is 0 Å². The molecule has 1 saturated heterocycles. The van der Waals surface area contributed by atoms with Gasteiger partial charge in [0.25, 0.3) is 5.91 Å². The molecule has 1 fully saturated rings. The van der Waals surface area contributed by atoms with E-state index >= 15 is 0 Å². The summed E-state index contributed by atoms with van der Waals surface area (Å²) >= 11 is 0. The molecule has 0 aliphatic carbocycles. The molecule has 2 heterocycles. The second-order valence-corrected chi connectivity index (χ2v) is 9.42. The molecule has 3 aromatic carbocycles. The first-order valence-electron chi connectivity index (χ1n) is 13.1. The number of morpholine rings is 1. The number of nitrogens with one attached hydrogen (secondary N) is 2. The van der Waals surface area contributed by atoms with E-state index in [4.69, 9.17) is 14.2 Å². The van der Waals surface area contributed by atoms with E-state index < -0.39 is 0 Å². The standard InChI is InChI=1S/C30H33N5O4/c1-21-4-6-22(7-5-21)30(36)34-24-10-8-23(9-11-24)33-29-25-18-27(37-2)28(19-26(25)31-20-32-29)39-15-3-12-35-13-16-38-17-14-35/h4-11,18-20H,3,12-17H2,1-2H3,(H,34,36)(H,31,32,33). The van der Waals surface area contributed by atoms with Crippen LogP contribution in [0.5, 0.6) is 11.5 Å². The Kier molecular flexibility index (Phi) is 8.50. The van der Waals surface area contributed by atoms with Crippen LogP contribution >= 0.6 is 0 Å². The number of nitrogens with zero attached hydrogens (tertiary/aromatic N) is 3. The van der Waals surface area contributed by atoms with Crippen LogP contribution in [0.3, 0.4) is 0 Å². The fraction of sp³-hybridized carbons (Fsp3) is 0.300. The van der Waals surface area contributed by atoms with Crippen LogP contribution in [0.2, 0.25) is 0 Å². The molecule has 0 bridgehead atoms. The minimum atomic E-state index is -0.149. The van der Waals surface area contributed by atoms with Crippen molar-refractivity contribution in [2.75, 3.05) is 57.2 Å². The van der Waals surface area contributed by atoms with Gasteiger partial charge in [0.1, 0.15) is 12.1 Å². The molecular formula is C30H33N5O4. The van der Waals surface area contributed by atoms with Gasteiger partial charge in [0, 0.05) is 48.0 Å². The average Bonchev–Trinajstić information content (AvgIpc) is 2.97. The van der Waals surface area contributed by atoms with Crippen molar-refractivity contribution in [1.82, 2.24) is 14.9 Å². The van der Waals surface area contributed by atoms with Crippen LogP contribution in [-0.2, 0) is 4.74 Å². The van der Waals surface area contributed by atoms with Crippen molar-refractivity contribution in [3.63, 3.8) is 0 Å². The van der Waals surface area contributed by atoms with Crippen LogP contribution in [0, 0.1) is 6.92 Å². The van der Waals surface area contributed by atoms with E-state index in [1.807, 2.05) is 67.6 Å². The van der Waals surface area contributed by atoms with E-state index in [-0.39, 0.29) is 5.91 Å². The van der Waals surface area contributed by atoms with Crippen molar-refractivity contribution in [3.8, 4) is 11.5 Å². The van der Waals surface area contributed by atoms with E-state index in [0.29, 0.717) is 35.2 Å². The van der Waals surface area contributed by atoms with Gasteiger partial charge in [-0.15, -0.1) is 0 Å². The van der Waals surface area contributed by atoms with E-state index in [0.717, 1.165) is 61.4 Å². The topological polar surface area (TPSA) is 97.8 Å². The Bertz CT molecular complexity index is 1400. The highest BCUT2D eigenvalue weighted by Gasteiger charge is 2.14. The van der Waals surface area contributed by atoms with Gasteiger partial charge in [0.05, 0.1) is 32.4 Å². The van der Waals surface area contributed by atoms with Crippen LogP contribution in [0.4, 0.5) is 17.2 Å². The van der Waals surface area contributed by atoms with Crippen molar-refractivity contribution < 1.29 is 19.0 Å². The highest BCUT2D eigenvalue weighted by Crippen LogP contribution is 2.35. The second-order valence-electron chi connectivity index (χ2n) is 9.42. The Morgan fingerprint density at radius 1 is 0.974 bits per heavy atom. The number of aromatic nitrogens is 2. The minimum Gasteiger partial charge on any atom is -0.493 e. The first-order valence-corrected chi connectivity index (χ1v) is 13.1. The van der Waals surface area contributed by atoms with Gasteiger partial charge in [-0.05, 0) is 55.8 Å². The number of hydrogen-bond acceptors (Lipinski definition) is 8. The summed E-state index contributed by atoms with van der Waals surface area (Å²) in [6, 6.07) is 18.7. The number of aryl methyl sites for hydroxylation is 1. The van der Waals surface area contributed by atoms with Crippen LogP contribution in [0.1, 0.15) is 22.3 Å². The summed E-state index contributed by atoms with van der Waals surface area (Å²) < 4.78 is 17.1. The van der Waals surface area contributed by atoms with E-state index in [2.05, 4.69) is 25.5 Å². The van der Waals surface area contributed by atoms with Gasteiger partial charge in [-0.3, -0.25) is 9.69 Å². The first-order chi connectivity index (χ1) is 19.1. The number of ether oxygens (including phenoxy) is 3. The molecule has 202 valence electrons. The van der Waals surface area contributed by atoms with Crippen LogP contribution in [0.25, 0.3) is 10.9 Å². The van der Waals surface area contributed by atoms with Crippen molar-refractivity contribution in [1.29, 1.82) is 0 Å². The third-order valence-electron chi connectivity index (χ3n) is 6.62. The summed E-state index contributed by atoms with van der Waals surface area (Å²) in [5, 5.41) is 7.09. The molecule has 0 radical (unpaired) electrons. The Balaban J connectivity index is 1.23. The van der Waals surface area contributed by atoms with Crippen LogP contribution in [-0.4, -0.2) is 67.3 Å². The molecule has 39 heavy (non-hydrogen) atoms. The number of hydrogen-bond donors (Lipinski definition) is 2. The molecule has 9 heteroatoms. The van der Waals surface area contributed by atoms with Gasteiger partial charge in [-0.2, -0.15) is 0 Å². The Morgan fingerprint density at radius 3 is 2.46 bits per heavy atom. The number of fused-ring (bicyclic) bond motifs is 1. The van der Waals surface area contributed by atoms with Gasteiger partial charge in [0.15, 0.2) is 11.5 Å². The lowest BCUT2D eigenvalue weighted by Gasteiger charge is -2.26. The molecule has 0 atom stereocenters. The SMILES string of the molecule is COc1cc2c(Nc3ccc(NC(=O)c4ccc(C)cc4)cc3)ncnc2cc1OCCCN1CCOCC1. The summed E-state index contributed by atoms with van der Waals surface area (Å²) in [6.45, 7) is 7.08. The molecule has 0 spiro atoms. The molecule has 1 amide bonds. The molecule has 4 aromatic rings. The molecule has 0 saturated carbocycles. The Morgan fingerprint density at radius 2 is 1.72 bits per heavy atom. The number of rotatable bonds is 10. The number of amides is 1. The lowest BCUT2D eigenvalue weighted by atomic mass is 10.1. The fourth-order valence-electron chi connectivity index (χ4n) is 4.41. The molecular weight excluding hydrogens is 494 g/mol. The van der Waals surface area contributed by atoms with Crippen molar-refractivity contribution >= 4 is 34.0 Å². The fourth-order valence-corrected chi connectivity index (χ4v) is 4.41. The number of benzene rings is 3. The smallest absolute Gasteiger partial charge is 0.255 e. The largest absolute Gasteiger partial charge is 0.493 e. The molecule has 0 unspecified atom stereocenters. The highest BCUT2D eigenvalue weighted by molar-refractivity contribution is 6.04. The van der Waals surface area contributed by atoms with Gasteiger partial charge in [-0.1, -0.05) is 17.7 Å². The monoisotopic (exact) mass is 527 g/mol. The van der Waals surface area contributed by atoms with Crippen molar-refractivity contribution in [2.24, 2.45) is 0 Å². The summed E-state index contributed by atoms with van der Waals surface area (Å²) in [7, 11) is 1.63. The Hall–Kier alpha value is -4.21. The highest BCUT2D eigenvalue weighted by atomic mass is 16.5. The summed E-state index contributed by atoms with van der Waals surface area (Å²) in [4.78, 5) is 23.8. The maximum absolute atomic E-state index is 12.5. The first kappa shape index (κ1) is 26.4. The third kappa shape index (κ3) is 6.81. The molecule has 5 rings (SSSR count).